The molecule has 0 fully saturated rings. The first-order chi connectivity index (χ1) is 20.0. The first-order valence-corrected chi connectivity index (χ1v) is 13.6. The molecule has 0 saturated heterocycles. The maximum atomic E-state index is 13.8. The number of H-pyrrole nitrogens is 1. The van der Waals surface area contributed by atoms with Crippen molar-refractivity contribution in [1.29, 1.82) is 0 Å². The first-order valence-electron chi connectivity index (χ1n) is 12.4. The van der Waals surface area contributed by atoms with Crippen LogP contribution in [0.5, 0.6) is 5.75 Å². The summed E-state index contributed by atoms with van der Waals surface area (Å²) >= 11 is 9.75. The van der Waals surface area contributed by atoms with Crippen molar-refractivity contribution in [3.05, 3.63) is 122 Å². The van der Waals surface area contributed by atoms with Crippen LogP contribution >= 0.6 is 27.5 Å². The normalized spacial score (nSPS) is 11.7. The molecule has 5 rings (SSSR count). The summed E-state index contributed by atoms with van der Waals surface area (Å²) in [6.07, 6.45) is -3.40. The Morgan fingerprint density at radius 3 is 2.45 bits per heavy atom. The monoisotopic (exact) mass is 653 g/mol. The number of nitrogens with one attached hydrogen (secondary N) is 2. The highest BCUT2D eigenvalue weighted by atomic mass is 79.9. The number of nitrogens with zero attached hydrogens (tertiary/aromatic N) is 1. The van der Waals surface area contributed by atoms with Gasteiger partial charge in [0.25, 0.3) is 5.91 Å². The van der Waals surface area contributed by atoms with Crippen molar-refractivity contribution in [3.8, 4) is 16.9 Å². The SMILES string of the molecule is Cc1ccc(C(=O)Oc2ccc(Br)cc2C=NNC(=O)c2[nH]c3c(C(F)(F)F)cccc3c2-c2ccccc2Cl)cc1. The molecule has 5 aromatic rings. The molecule has 0 bridgehead atoms. The van der Waals surface area contributed by atoms with E-state index < -0.39 is 23.6 Å². The van der Waals surface area contributed by atoms with Crippen LogP contribution in [0.1, 0.15) is 37.5 Å². The van der Waals surface area contributed by atoms with E-state index in [1.54, 1.807) is 66.7 Å². The van der Waals surface area contributed by atoms with Gasteiger partial charge in [0.15, 0.2) is 0 Å². The van der Waals surface area contributed by atoms with Crippen LogP contribution in [0.2, 0.25) is 5.02 Å². The third kappa shape index (κ3) is 6.09. The number of halogens is 5. The molecule has 0 radical (unpaired) electrons. The zero-order valence-electron chi connectivity index (χ0n) is 21.7. The Morgan fingerprint density at radius 2 is 1.74 bits per heavy atom. The highest BCUT2D eigenvalue weighted by molar-refractivity contribution is 9.10. The number of esters is 1. The van der Waals surface area contributed by atoms with Crippen molar-refractivity contribution in [3.63, 3.8) is 0 Å². The largest absolute Gasteiger partial charge is 0.422 e. The molecule has 212 valence electrons. The van der Waals surface area contributed by atoms with Gasteiger partial charge in [-0.2, -0.15) is 18.3 Å². The van der Waals surface area contributed by atoms with Gasteiger partial charge in [0, 0.05) is 31.6 Å². The number of fused-ring (bicyclic) bond motifs is 1. The van der Waals surface area contributed by atoms with Gasteiger partial charge in [-0.1, -0.05) is 75.6 Å². The van der Waals surface area contributed by atoms with Gasteiger partial charge in [0.1, 0.15) is 11.4 Å². The summed E-state index contributed by atoms with van der Waals surface area (Å²) < 4.78 is 47.6. The van der Waals surface area contributed by atoms with Gasteiger partial charge in [-0.15, -0.1) is 0 Å². The van der Waals surface area contributed by atoms with E-state index in [2.05, 4.69) is 31.4 Å². The number of aromatic amines is 1. The van der Waals surface area contributed by atoms with Crippen molar-refractivity contribution >= 4 is 56.5 Å². The lowest BCUT2D eigenvalue weighted by Gasteiger charge is -2.09. The second kappa shape index (κ2) is 11.8. The van der Waals surface area contributed by atoms with E-state index in [0.717, 1.165) is 11.6 Å². The average molecular weight is 655 g/mol. The maximum Gasteiger partial charge on any atom is 0.418 e. The number of para-hydroxylation sites is 1. The minimum absolute atomic E-state index is 0.160. The van der Waals surface area contributed by atoms with E-state index in [1.165, 1.54) is 18.3 Å². The lowest BCUT2D eigenvalue weighted by atomic mass is 10.00. The van der Waals surface area contributed by atoms with Crippen molar-refractivity contribution in [2.75, 3.05) is 0 Å². The third-order valence-corrected chi connectivity index (χ3v) is 7.16. The number of carbonyl (C=O) groups is 2. The summed E-state index contributed by atoms with van der Waals surface area (Å²) in [5, 5.41) is 4.42. The number of rotatable bonds is 6. The van der Waals surface area contributed by atoms with E-state index in [-0.39, 0.29) is 32.9 Å². The van der Waals surface area contributed by atoms with Crippen LogP contribution in [0, 0.1) is 6.92 Å². The molecule has 0 aliphatic carbocycles. The standard InChI is InChI=1S/C31H20BrClF3N3O3/c1-17-9-11-18(12-10-17)30(41)42-25-14-13-20(32)15-19(25)16-37-39-29(40)28-26(21-5-2-3-8-24(21)33)22-6-4-7-23(27(22)38-28)31(34,35)36/h2-16,38H,1H3,(H,39,40). The predicted octanol–water partition coefficient (Wildman–Crippen LogP) is 8.56. The summed E-state index contributed by atoms with van der Waals surface area (Å²) in [5.74, 6) is -1.21. The summed E-state index contributed by atoms with van der Waals surface area (Å²) in [7, 11) is 0. The summed E-state index contributed by atoms with van der Waals surface area (Å²) in [5.41, 5.74) is 3.27. The number of ether oxygens (including phenoxy) is 1. The lowest BCUT2D eigenvalue weighted by molar-refractivity contribution is -0.136. The second-order valence-corrected chi connectivity index (χ2v) is 10.5. The fourth-order valence-electron chi connectivity index (χ4n) is 4.35. The van der Waals surface area contributed by atoms with Crippen LogP contribution in [0.3, 0.4) is 0 Å². The molecule has 0 aliphatic heterocycles. The Balaban J connectivity index is 1.48. The average Bonchev–Trinajstić information content (AvgIpc) is 3.34. The summed E-state index contributed by atoms with van der Waals surface area (Å²) in [4.78, 5) is 28.6. The molecule has 0 aliphatic rings. The first kappa shape index (κ1) is 29.1. The molecule has 0 spiro atoms. The van der Waals surface area contributed by atoms with Crippen LogP contribution < -0.4 is 10.2 Å². The molecule has 2 N–H and O–H groups in total. The number of alkyl halides is 3. The van der Waals surface area contributed by atoms with Crippen molar-refractivity contribution in [1.82, 2.24) is 10.4 Å². The van der Waals surface area contributed by atoms with E-state index in [1.807, 2.05) is 6.92 Å². The van der Waals surface area contributed by atoms with Gasteiger partial charge in [-0.3, -0.25) is 4.79 Å². The van der Waals surface area contributed by atoms with E-state index >= 15 is 0 Å². The van der Waals surface area contributed by atoms with Gasteiger partial charge >= 0.3 is 12.1 Å². The minimum atomic E-state index is -4.67. The number of hydrazone groups is 1. The molecular weight excluding hydrogens is 635 g/mol. The van der Waals surface area contributed by atoms with E-state index in [0.29, 0.717) is 21.2 Å². The van der Waals surface area contributed by atoms with Gasteiger partial charge in [-0.25, -0.2) is 10.2 Å². The lowest BCUT2D eigenvalue weighted by Crippen LogP contribution is -2.19. The Labute approximate surface area is 251 Å². The quantitative estimate of drug-likeness (QED) is 0.0833. The Bertz CT molecular complexity index is 1850. The second-order valence-electron chi connectivity index (χ2n) is 9.22. The summed E-state index contributed by atoms with van der Waals surface area (Å²) in [6.45, 7) is 1.90. The number of benzene rings is 4. The molecule has 42 heavy (non-hydrogen) atoms. The van der Waals surface area contributed by atoms with Crippen LogP contribution in [0.25, 0.3) is 22.0 Å². The number of aromatic nitrogens is 1. The van der Waals surface area contributed by atoms with E-state index in [4.69, 9.17) is 16.3 Å². The molecule has 0 saturated carbocycles. The molecule has 0 atom stereocenters. The molecular formula is C31H20BrClF3N3O3. The number of carbonyl (C=O) groups excluding carboxylic acids is 2. The van der Waals surface area contributed by atoms with Crippen molar-refractivity contribution in [2.45, 2.75) is 13.1 Å². The van der Waals surface area contributed by atoms with Gasteiger partial charge < -0.3 is 9.72 Å². The number of amides is 1. The number of hydrogen-bond donors (Lipinski definition) is 2. The van der Waals surface area contributed by atoms with Gasteiger partial charge in [0.2, 0.25) is 0 Å². The smallest absolute Gasteiger partial charge is 0.418 e. The minimum Gasteiger partial charge on any atom is -0.422 e. The number of hydrogen-bond acceptors (Lipinski definition) is 4. The third-order valence-electron chi connectivity index (χ3n) is 6.34. The predicted molar refractivity (Wildman–Crippen MR) is 159 cm³/mol. The zero-order chi connectivity index (χ0) is 30.0. The highest BCUT2D eigenvalue weighted by Gasteiger charge is 2.35. The topological polar surface area (TPSA) is 83.5 Å². The van der Waals surface area contributed by atoms with Gasteiger partial charge in [0.05, 0.1) is 22.9 Å². The fraction of sp³-hybridized carbons (Fsp3) is 0.0645. The summed E-state index contributed by atoms with van der Waals surface area (Å²) in [6, 6.07) is 21.9. The highest BCUT2D eigenvalue weighted by Crippen LogP contribution is 2.41. The molecule has 6 nitrogen and oxygen atoms in total. The van der Waals surface area contributed by atoms with Crippen LogP contribution in [-0.4, -0.2) is 23.1 Å². The molecule has 4 aromatic carbocycles. The zero-order valence-corrected chi connectivity index (χ0v) is 24.1. The van der Waals surface area contributed by atoms with Crippen molar-refractivity contribution < 1.29 is 27.5 Å². The number of aryl methyl sites for hydroxylation is 1. The van der Waals surface area contributed by atoms with Crippen LogP contribution in [0.15, 0.2) is 94.5 Å². The molecule has 0 unspecified atom stereocenters. The van der Waals surface area contributed by atoms with Crippen molar-refractivity contribution in [2.24, 2.45) is 5.10 Å². The van der Waals surface area contributed by atoms with E-state index in [9.17, 15) is 22.8 Å². The maximum absolute atomic E-state index is 13.8. The molecule has 1 heterocycles. The Morgan fingerprint density at radius 1 is 1.00 bits per heavy atom. The Hall–Kier alpha value is -4.41. The van der Waals surface area contributed by atoms with Crippen LogP contribution in [-0.2, 0) is 6.18 Å². The Kier molecular flexibility index (Phi) is 8.20. The molecule has 1 aromatic heterocycles. The molecule has 11 heteroatoms. The van der Waals surface area contributed by atoms with Crippen LogP contribution in [0.4, 0.5) is 13.2 Å². The fourth-order valence-corrected chi connectivity index (χ4v) is 4.95. The van der Waals surface area contributed by atoms with Gasteiger partial charge in [-0.05, 0) is 49.4 Å². The molecule has 1 amide bonds.